The number of rotatable bonds is 1. The van der Waals surface area contributed by atoms with Crippen molar-refractivity contribution < 1.29 is 22.4 Å². The summed E-state index contributed by atoms with van der Waals surface area (Å²) in [6.45, 7) is 1.82. The number of likely N-dealkylation sites (tertiary alicyclic amines) is 1. The van der Waals surface area contributed by atoms with Crippen molar-refractivity contribution in [3.05, 3.63) is 48.4 Å². The van der Waals surface area contributed by atoms with Crippen LogP contribution < -0.4 is 9.46 Å². The molecule has 3 heterocycles. The van der Waals surface area contributed by atoms with E-state index in [4.69, 9.17) is 9.15 Å². The Morgan fingerprint density at radius 1 is 1.15 bits per heavy atom. The van der Waals surface area contributed by atoms with Gasteiger partial charge in [0.15, 0.2) is 0 Å². The summed E-state index contributed by atoms with van der Waals surface area (Å²) in [6, 6.07) is 8.30. The number of hydrogen-bond acceptors (Lipinski definition) is 5. The molecule has 1 spiro atoms. The van der Waals surface area contributed by atoms with E-state index in [0.29, 0.717) is 50.4 Å². The molecule has 0 aliphatic carbocycles. The lowest BCUT2D eigenvalue weighted by Crippen LogP contribution is -2.51. The first kappa shape index (κ1) is 17.1. The number of fused-ring (bicyclic) bond motifs is 1. The highest BCUT2D eigenvalue weighted by Gasteiger charge is 2.40. The molecule has 0 saturated carbocycles. The quantitative estimate of drug-likeness (QED) is 0.821. The first-order valence-electron chi connectivity index (χ1n) is 8.52. The molecule has 26 heavy (non-hydrogen) atoms. The van der Waals surface area contributed by atoms with Crippen LogP contribution in [0.2, 0.25) is 0 Å². The Labute approximate surface area is 152 Å². The number of sulfonamides is 1. The number of benzene rings is 1. The number of ether oxygens (including phenoxy) is 1. The third kappa shape index (κ3) is 3.10. The molecule has 1 aromatic heterocycles. The van der Waals surface area contributed by atoms with E-state index in [1.807, 2.05) is 0 Å². The van der Waals surface area contributed by atoms with Gasteiger partial charge >= 0.3 is 0 Å². The molecule has 8 heteroatoms. The fourth-order valence-corrected chi connectivity index (χ4v) is 4.77. The van der Waals surface area contributed by atoms with Gasteiger partial charge < -0.3 is 14.1 Å². The summed E-state index contributed by atoms with van der Waals surface area (Å²) in [7, 11) is -3.61. The minimum absolute atomic E-state index is 0.0636. The van der Waals surface area contributed by atoms with E-state index >= 15 is 0 Å². The van der Waals surface area contributed by atoms with E-state index in [0.717, 1.165) is 0 Å². The number of hydrogen-bond donors (Lipinski definition) is 1. The van der Waals surface area contributed by atoms with Crippen LogP contribution in [0.15, 0.2) is 52.2 Å². The van der Waals surface area contributed by atoms with Crippen molar-refractivity contribution in [3.8, 4) is 5.75 Å². The first-order chi connectivity index (χ1) is 12.5. The molecule has 2 aliphatic rings. The fourth-order valence-electron chi connectivity index (χ4n) is 3.47. The second-order valence-corrected chi connectivity index (χ2v) is 8.60. The summed E-state index contributed by atoms with van der Waals surface area (Å²) in [6.07, 6.45) is 4.26. The van der Waals surface area contributed by atoms with Gasteiger partial charge in [-0.1, -0.05) is 12.1 Å². The average molecular weight is 376 g/mol. The molecule has 0 bridgehead atoms. The van der Waals surface area contributed by atoms with E-state index < -0.39 is 10.0 Å². The molecule has 138 valence electrons. The molecule has 2 aliphatic heterocycles. The fraction of sp³-hybridized carbons (Fsp3) is 0.389. The predicted molar refractivity (Wildman–Crippen MR) is 93.4 cm³/mol. The largest absolute Gasteiger partial charge is 0.492 e. The lowest BCUT2D eigenvalue weighted by molar-refractivity contribution is 0.0420. The van der Waals surface area contributed by atoms with Crippen molar-refractivity contribution in [2.24, 2.45) is 5.41 Å². The molecule has 2 aromatic rings. The van der Waals surface area contributed by atoms with Gasteiger partial charge in [-0.2, -0.15) is 0 Å². The van der Waals surface area contributed by atoms with Gasteiger partial charge in [-0.15, -0.1) is 0 Å². The van der Waals surface area contributed by atoms with Gasteiger partial charge in [0.25, 0.3) is 5.91 Å². The molecule has 1 N–H and O–H groups in total. The maximum atomic E-state index is 12.5. The molecule has 1 saturated heterocycles. The molecule has 1 fully saturated rings. The van der Waals surface area contributed by atoms with E-state index in [9.17, 15) is 13.2 Å². The first-order valence-corrected chi connectivity index (χ1v) is 10.0. The Hall–Kier alpha value is -2.32. The third-order valence-electron chi connectivity index (χ3n) is 5.19. The van der Waals surface area contributed by atoms with Crippen molar-refractivity contribution in [1.29, 1.82) is 0 Å². The molecule has 4 rings (SSSR count). The van der Waals surface area contributed by atoms with Crippen LogP contribution in [0.4, 0.5) is 0 Å². The molecular weight excluding hydrogens is 356 g/mol. The van der Waals surface area contributed by atoms with Crippen LogP contribution in [0.3, 0.4) is 0 Å². The second-order valence-electron chi connectivity index (χ2n) is 6.86. The average Bonchev–Trinajstić information content (AvgIpc) is 3.19. The number of piperidine rings is 1. The summed E-state index contributed by atoms with van der Waals surface area (Å²) < 4.78 is 38.7. The van der Waals surface area contributed by atoms with Gasteiger partial charge in [-0.05, 0) is 31.0 Å². The molecule has 0 atom stereocenters. The van der Waals surface area contributed by atoms with Crippen LogP contribution in [0.25, 0.3) is 0 Å². The highest BCUT2D eigenvalue weighted by molar-refractivity contribution is 7.89. The minimum atomic E-state index is -3.61. The zero-order valence-electron chi connectivity index (χ0n) is 14.2. The molecule has 1 amide bonds. The number of nitrogens with zero attached hydrogens (tertiary/aromatic N) is 1. The summed E-state index contributed by atoms with van der Waals surface area (Å²) in [5.41, 5.74) is 0.206. The van der Waals surface area contributed by atoms with Crippen LogP contribution in [0.5, 0.6) is 5.75 Å². The zero-order valence-corrected chi connectivity index (χ0v) is 15.0. The summed E-state index contributed by atoms with van der Waals surface area (Å²) in [4.78, 5) is 14.4. The Balaban J connectivity index is 1.50. The van der Waals surface area contributed by atoms with E-state index in [-0.39, 0.29) is 16.2 Å². The third-order valence-corrected chi connectivity index (χ3v) is 6.63. The topological polar surface area (TPSA) is 88.9 Å². The highest BCUT2D eigenvalue weighted by Crippen LogP contribution is 2.36. The van der Waals surface area contributed by atoms with Gasteiger partial charge in [0, 0.05) is 25.0 Å². The number of para-hydroxylation sites is 1. The predicted octanol–water partition coefficient (Wildman–Crippen LogP) is 1.87. The summed E-state index contributed by atoms with van der Waals surface area (Å²) in [5, 5.41) is 0. The van der Waals surface area contributed by atoms with Crippen LogP contribution in [0.1, 0.15) is 23.2 Å². The van der Waals surface area contributed by atoms with Gasteiger partial charge in [0.05, 0.1) is 18.4 Å². The molecule has 0 unspecified atom stereocenters. The molecule has 7 nitrogen and oxygen atoms in total. The van der Waals surface area contributed by atoms with Gasteiger partial charge in [-0.25, -0.2) is 13.1 Å². The van der Waals surface area contributed by atoms with E-state index in [1.54, 1.807) is 35.2 Å². The maximum absolute atomic E-state index is 12.5. The Morgan fingerprint density at radius 3 is 2.65 bits per heavy atom. The second kappa shape index (κ2) is 6.44. The number of carbonyl (C=O) groups excluding carboxylic acids is 1. The van der Waals surface area contributed by atoms with Gasteiger partial charge in [0.1, 0.15) is 16.9 Å². The SMILES string of the molecule is O=C(c1ccoc1)N1CCC2(CC1)CNS(=O)(=O)c1ccccc1OC2. The lowest BCUT2D eigenvalue weighted by atomic mass is 9.79. The molecular formula is C18H20N2O5S. The summed E-state index contributed by atoms with van der Waals surface area (Å²) in [5.74, 6) is 0.308. The van der Waals surface area contributed by atoms with Crippen molar-refractivity contribution in [3.63, 3.8) is 0 Å². The minimum Gasteiger partial charge on any atom is -0.492 e. The normalized spacial score (nSPS) is 21.3. The van der Waals surface area contributed by atoms with Gasteiger partial charge in [-0.3, -0.25) is 4.79 Å². The van der Waals surface area contributed by atoms with Crippen LogP contribution in [-0.2, 0) is 10.0 Å². The summed E-state index contributed by atoms with van der Waals surface area (Å²) >= 11 is 0. The lowest BCUT2D eigenvalue weighted by Gasteiger charge is -2.42. The number of nitrogens with one attached hydrogen (secondary N) is 1. The maximum Gasteiger partial charge on any atom is 0.257 e. The number of carbonyl (C=O) groups is 1. The van der Waals surface area contributed by atoms with Crippen molar-refractivity contribution >= 4 is 15.9 Å². The highest BCUT2D eigenvalue weighted by atomic mass is 32.2. The number of furan rings is 1. The number of amides is 1. The van der Waals surface area contributed by atoms with Crippen LogP contribution in [-0.4, -0.2) is 45.5 Å². The Kier molecular flexibility index (Phi) is 4.24. The Bertz CT molecular complexity index is 899. The Morgan fingerprint density at radius 2 is 1.92 bits per heavy atom. The zero-order chi connectivity index (χ0) is 18.2. The van der Waals surface area contributed by atoms with Gasteiger partial charge in [0.2, 0.25) is 10.0 Å². The van der Waals surface area contributed by atoms with Crippen LogP contribution in [0, 0.1) is 5.41 Å². The monoisotopic (exact) mass is 376 g/mol. The van der Waals surface area contributed by atoms with E-state index in [1.165, 1.54) is 12.5 Å². The van der Waals surface area contributed by atoms with Crippen LogP contribution >= 0.6 is 0 Å². The van der Waals surface area contributed by atoms with E-state index in [2.05, 4.69) is 4.72 Å². The molecule has 0 radical (unpaired) electrons. The van der Waals surface area contributed by atoms with Crippen molar-refractivity contribution in [2.75, 3.05) is 26.2 Å². The van der Waals surface area contributed by atoms with Crippen molar-refractivity contribution in [2.45, 2.75) is 17.7 Å². The standard InChI is InChI=1S/C18H20N2O5S/c21-17(14-5-10-24-11-14)20-8-6-18(7-9-20)12-19-26(22,23)16-4-2-1-3-15(16)25-13-18/h1-5,10-11,19H,6-9,12-13H2. The smallest absolute Gasteiger partial charge is 0.257 e. The molecule has 1 aromatic carbocycles. The van der Waals surface area contributed by atoms with Crippen molar-refractivity contribution in [1.82, 2.24) is 9.62 Å².